The monoisotopic (exact) mass is 546 g/mol. The third-order valence-electron chi connectivity index (χ3n) is 6.21. The number of fused-ring (bicyclic) bond motifs is 2. The molecule has 0 aliphatic carbocycles. The summed E-state index contributed by atoms with van der Waals surface area (Å²) in [6, 6.07) is 5.07. The Hall–Kier alpha value is -3.58. The summed E-state index contributed by atoms with van der Waals surface area (Å²) in [4.78, 5) is 42.1. The number of aromatic nitrogens is 4. The van der Waals surface area contributed by atoms with Gasteiger partial charge < -0.3 is 19.9 Å². The highest BCUT2D eigenvalue weighted by Gasteiger charge is 2.36. The minimum atomic E-state index is -4.70. The number of nitrogens with one attached hydrogen (secondary N) is 2. The number of anilines is 1. The number of pyridine rings is 1. The Morgan fingerprint density at radius 2 is 1.87 bits per heavy atom. The number of amides is 1. The van der Waals surface area contributed by atoms with Crippen LogP contribution in [0.25, 0.3) is 21.3 Å². The van der Waals surface area contributed by atoms with Gasteiger partial charge in [-0.1, -0.05) is 0 Å². The molecule has 38 heavy (non-hydrogen) atoms. The van der Waals surface area contributed by atoms with Crippen molar-refractivity contribution >= 4 is 44.2 Å². The van der Waals surface area contributed by atoms with E-state index in [1.165, 1.54) is 25.2 Å². The Morgan fingerprint density at radius 1 is 1.16 bits per heavy atom. The predicted molar refractivity (Wildman–Crippen MR) is 137 cm³/mol. The first-order chi connectivity index (χ1) is 17.9. The second kappa shape index (κ2) is 9.62. The van der Waals surface area contributed by atoms with Crippen molar-refractivity contribution in [2.24, 2.45) is 0 Å². The van der Waals surface area contributed by atoms with E-state index in [1.807, 2.05) is 13.8 Å². The van der Waals surface area contributed by atoms with Crippen LogP contribution in [0.15, 0.2) is 29.1 Å². The van der Waals surface area contributed by atoms with Gasteiger partial charge in [-0.15, -0.1) is 11.3 Å². The third kappa shape index (κ3) is 5.07. The smallest absolute Gasteiger partial charge is 0.377 e. The lowest BCUT2D eigenvalue weighted by Gasteiger charge is -2.34. The Bertz CT molecular complexity index is 1590. The number of halogens is 3. The highest BCUT2D eigenvalue weighted by atomic mass is 32.1. The van der Waals surface area contributed by atoms with Crippen molar-refractivity contribution in [2.45, 2.75) is 52.1 Å². The van der Waals surface area contributed by atoms with E-state index in [-0.39, 0.29) is 40.7 Å². The van der Waals surface area contributed by atoms with E-state index in [0.29, 0.717) is 34.0 Å². The van der Waals surface area contributed by atoms with Crippen LogP contribution in [-0.2, 0) is 10.9 Å². The number of morpholine rings is 1. The molecule has 4 heterocycles. The fraction of sp³-hybridized carbons (Fsp3) is 0.400. The molecule has 13 heteroatoms. The summed E-state index contributed by atoms with van der Waals surface area (Å²) in [5.74, 6) is 0.0185. The molecule has 3 aromatic heterocycles. The maximum Gasteiger partial charge on any atom is 0.418 e. The lowest BCUT2D eigenvalue weighted by Crippen LogP contribution is -2.48. The van der Waals surface area contributed by atoms with Gasteiger partial charge >= 0.3 is 6.18 Å². The average molecular weight is 547 g/mol. The molecule has 1 aliphatic heterocycles. The number of H-pyrrole nitrogens is 1. The number of aryl methyl sites for hydroxylation is 1. The molecule has 0 spiro atoms. The number of alkyl halides is 3. The van der Waals surface area contributed by atoms with Crippen LogP contribution in [0.1, 0.15) is 53.7 Å². The predicted octanol–water partition coefficient (Wildman–Crippen LogP) is 4.68. The zero-order valence-corrected chi connectivity index (χ0v) is 21.8. The number of nitrogens with zero attached hydrogens (tertiary/aromatic N) is 4. The molecule has 1 amide bonds. The van der Waals surface area contributed by atoms with Crippen molar-refractivity contribution in [3.63, 3.8) is 0 Å². The average Bonchev–Trinajstić information content (AvgIpc) is 3.25. The van der Waals surface area contributed by atoms with E-state index in [9.17, 15) is 22.8 Å². The minimum absolute atomic E-state index is 0.0740. The van der Waals surface area contributed by atoms with Crippen LogP contribution >= 0.6 is 11.3 Å². The van der Waals surface area contributed by atoms with Gasteiger partial charge in [0.25, 0.3) is 11.5 Å². The maximum absolute atomic E-state index is 13.9. The fourth-order valence-electron chi connectivity index (χ4n) is 4.66. The molecular weight excluding hydrogens is 521 g/mol. The number of carbonyl (C=O) groups is 1. The molecule has 0 bridgehead atoms. The number of aromatic amines is 1. The normalized spacial score (nSPS) is 19.2. The van der Waals surface area contributed by atoms with Crippen molar-refractivity contribution < 1.29 is 22.7 Å². The van der Waals surface area contributed by atoms with Crippen molar-refractivity contribution in [1.82, 2.24) is 24.8 Å². The van der Waals surface area contributed by atoms with Gasteiger partial charge in [0.05, 0.1) is 45.2 Å². The van der Waals surface area contributed by atoms with E-state index in [0.717, 1.165) is 6.07 Å². The van der Waals surface area contributed by atoms with Crippen LogP contribution in [0.3, 0.4) is 0 Å². The maximum atomic E-state index is 13.9. The third-order valence-corrected chi connectivity index (χ3v) is 7.21. The molecule has 200 valence electrons. The molecule has 1 fully saturated rings. The lowest BCUT2D eigenvalue weighted by atomic mass is 10.1. The summed E-state index contributed by atoms with van der Waals surface area (Å²) in [5.41, 5.74) is -1.06. The van der Waals surface area contributed by atoms with Crippen molar-refractivity contribution in [3.05, 3.63) is 56.7 Å². The SMILES string of the molecule is Cc1nc2cc(C(F)(F)F)c(C(C)Nc3ccc4nc(C(=O)N5CC(C)OC(C)C5)sc4c3)nc2c(=O)[nH]1. The van der Waals surface area contributed by atoms with Crippen LogP contribution in [0.4, 0.5) is 18.9 Å². The summed E-state index contributed by atoms with van der Waals surface area (Å²) in [6.45, 7) is 7.79. The quantitative estimate of drug-likeness (QED) is 0.382. The second-order valence-corrected chi connectivity index (χ2v) is 10.5. The molecule has 1 aromatic carbocycles. The largest absolute Gasteiger partial charge is 0.418 e. The van der Waals surface area contributed by atoms with Crippen molar-refractivity contribution in [2.75, 3.05) is 18.4 Å². The molecule has 1 aliphatic rings. The summed E-state index contributed by atoms with van der Waals surface area (Å²) in [5, 5.41) is 3.38. The summed E-state index contributed by atoms with van der Waals surface area (Å²) in [7, 11) is 0. The Balaban J connectivity index is 1.44. The number of benzene rings is 1. The number of hydrogen-bond donors (Lipinski definition) is 2. The topological polar surface area (TPSA) is 113 Å². The Kier molecular flexibility index (Phi) is 6.59. The molecular formula is C25H25F3N6O3S. The molecule has 4 aromatic rings. The highest BCUT2D eigenvalue weighted by Crippen LogP contribution is 2.36. The van der Waals surface area contributed by atoms with Crippen molar-refractivity contribution in [3.8, 4) is 0 Å². The molecule has 0 saturated carbocycles. The van der Waals surface area contributed by atoms with Crippen LogP contribution in [0.5, 0.6) is 0 Å². The van der Waals surface area contributed by atoms with Gasteiger partial charge in [0.1, 0.15) is 5.82 Å². The minimum Gasteiger partial charge on any atom is -0.377 e. The van der Waals surface area contributed by atoms with Crippen LogP contribution in [0, 0.1) is 6.92 Å². The van der Waals surface area contributed by atoms with E-state index in [2.05, 4.69) is 25.3 Å². The first-order valence-corrected chi connectivity index (χ1v) is 12.8. The van der Waals surface area contributed by atoms with Gasteiger partial charge in [0, 0.05) is 18.8 Å². The van der Waals surface area contributed by atoms with E-state index in [4.69, 9.17) is 4.74 Å². The van der Waals surface area contributed by atoms with Crippen LogP contribution < -0.4 is 10.9 Å². The second-order valence-electron chi connectivity index (χ2n) is 9.47. The number of rotatable bonds is 4. The van der Waals surface area contributed by atoms with Gasteiger partial charge in [0.2, 0.25) is 0 Å². The molecule has 2 N–H and O–H groups in total. The van der Waals surface area contributed by atoms with Crippen molar-refractivity contribution in [1.29, 1.82) is 0 Å². The van der Waals surface area contributed by atoms with E-state index >= 15 is 0 Å². The highest BCUT2D eigenvalue weighted by molar-refractivity contribution is 7.20. The summed E-state index contributed by atoms with van der Waals surface area (Å²) < 4.78 is 48.2. The summed E-state index contributed by atoms with van der Waals surface area (Å²) >= 11 is 1.22. The zero-order valence-electron chi connectivity index (χ0n) is 21.0. The van der Waals surface area contributed by atoms with Crippen LogP contribution in [0.2, 0.25) is 0 Å². The van der Waals surface area contributed by atoms with Crippen LogP contribution in [-0.4, -0.2) is 56.0 Å². The molecule has 9 nitrogen and oxygen atoms in total. The zero-order chi connectivity index (χ0) is 27.4. The number of ether oxygens (including phenoxy) is 1. The first-order valence-electron chi connectivity index (χ1n) is 12.0. The standard InChI is InChI=1S/C25H25F3N6O3S/c1-11-9-34(10-12(2)37-11)24(36)23-32-17-6-5-15(7-19(17)38-23)29-13(3)20-16(25(26,27)28)8-18-21(33-20)22(35)31-14(4)30-18/h5-8,11-13,29H,9-10H2,1-4H3,(H,30,31,35). The van der Waals surface area contributed by atoms with Gasteiger partial charge in [-0.05, 0) is 52.0 Å². The van der Waals surface area contributed by atoms with Gasteiger partial charge in [0.15, 0.2) is 10.5 Å². The molecule has 0 radical (unpaired) electrons. The number of thiazole rings is 1. The van der Waals surface area contributed by atoms with Gasteiger partial charge in [-0.3, -0.25) is 9.59 Å². The fourth-order valence-corrected chi connectivity index (χ4v) is 5.63. The number of hydrogen-bond acceptors (Lipinski definition) is 8. The molecule has 5 rings (SSSR count). The Labute approximate surface area is 219 Å². The molecule has 3 unspecified atom stereocenters. The van der Waals surface area contributed by atoms with E-state index in [1.54, 1.807) is 23.1 Å². The lowest BCUT2D eigenvalue weighted by molar-refractivity contribution is -0.138. The van der Waals surface area contributed by atoms with E-state index < -0.39 is 23.3 Å². The Morgan fingerprint density at radius 3 is 2.55 bits per heavy atom. The first kappa shape index (κ1) is 26.0. The summed E-state index contributed by atoms with van der Waals surface area (Å²) in [6.07, 6.45) is -4.85. The van der Waals surface area contributed by atoms with Gasteiger partial charge in [-0.2, -0.15) is 13.2 Å². The molecule has 1 saturated heterocycles. The molecule has 3 atom stereocenters. The van der Waals surface area contributed by atoms with Gasteiger partial charge in [-0.25, -0.2) is 15.0 Å². The number of carbonyl (C=O) groups excluding carboxylic acids is 1.